The summed E-state index contributed by atoms with van der Waals surface area (Å²) in [6.07, 6.45) is 3.25. The summed E-state index contributed by atoms with van der Waals surface area (Å²) in [5.41, 5.74) is 6.37. The van der Waals surface area contributed by atoms with Gasteiger partial charge in [-0.2, -0.15) is 0 Å². The maximum Gasteiger partial charge on any atom is 0.286 e. The van der Waals surface area contributed by atoms with Crippen LogP contribution in [0.3, 0.4) is 0 Å². The lowest BCUT2D eigenvalue weighted by atomic mass is 10.2. The summed E-state index contributed by atoms with van der Waals surface area (Å²) >= 11 is 3.33. The second kappa shape index (κ2) is 7.26. The molecule has 10 heteroatoms. The lowest BCUT2D eigenvalue weighted by Gasteiger charge is -2.09. The Morgan fingerprint density at radius 3 is 2.52 bits per heavy atom. The molecule has 3 aromatic rings. The third-order valence-electron chi connectivity index (χ3n) is 3.47. The zero-order chi connectivity index (χ0) is 17.8. The third-order valence-corrected chi connectivity index (χ3v) is 3.90. The van der Waals surface area contributed by atoms with Gasteiger partial charge in [0.15, 0.2) is 0 Å². The van der Waals surface area contributed by atoms with Gasteiger partial charge in [-0.1, -0.05) is 0 Å². The highest BCUT2D eigenvalue weighted by Gasteiger charge is 2.14. The Labute approximate surface area is 151 Å². The first-order chi connectivity index (χ1) is 12.1. The number of amides is 2. The van der Waals surface area contributed by atoms with E-state index in [1.165, 1.54) is 11.0 Å². The first kappa shape index (κ1) is 16.8. The number of hydrogen-bond donors (Lipinski definition) is 2. The number of nitrogens with one attached hydrogen (secondary N) is 2. The molecule has 3 rings (SSSR count). The van der Waals surface area contributed by atoms with E-state index in [0.717, 1.165) is 10.2 Å². The van der Waals surface area contributed by atoms with E-state index < -0.39 is 11.8 Å². The maximum absolute atomic E-state index is 12.2. The van der Waals surface area contributed by atoms with Gasteiger partial charge in [-0.25, -0.2) is 4.68 Å². The number of tetrazole rings is 1. The van der Waals surface area contributed by atoms with Crippen LogP contribution in [0.4, 0.5) is 0 Å². The molecule has 0 bridgehead atoms. The van der Waals surface area contributed by atoms with Crippen molar-refractivity contribution in [3.8, 4) is 5.69 Å². The second-order valence-electron chi connectivity index (χ2n) is 5.04. The summed E-state index contributed by atoms with van der Waals surface area (Å²) in [7, 11) is 0. The van der Waals surface area contributed by atoms with Crippen molar-refractivity contribution >= 4 is 27.7 Å². The lowest BCUT2D eigenvalue weighted by Crippen LogP contribution is -2.42. The zero-order valence-corrected chi connectivity index (χ0v) is 14.8. The molecular formula is C15H14BrN7O2. The highest BCUT2D eigenvalue weighted by molar-refractivity contribution is 9.10. The molecule has 0 atom stereocenters. The van der Waals surface area contributed by atoms with Gasteiger partial charge in [0.05, 0.1) is 5.69 Å². The van der Waals surface area contributed by atoms with Gasteiger partial charge in [-0.05, 0) is 63.6 Å². The molecular weight excluding hydrogens is 390 g/mol. The number of halogens is 1. The van der Waals surface area contributed by atoms with Crippen molar-refractivity contribution in [2.75, 3.05) is 0 Å². The van der Waals surface area contributed by atoms with Crippen LogP contribution in [0, 0.1) is 0 Å². The number of carbonyl (C=O) groups excluding carboxylic acids is 2. The molecule has 0 spiro atoms. The Kier molecular flexibility index (Phi) is 4.89. The number of hydrazine groups is 1. The smallest absolute Gasteiger partial charge is 0.286 e. The Morgan fingerprint density at radius 2 is 1.88 bits per heavy atom. The molecule has 2 aromatic heterocycles. The topological polar surface area (TPSA) is 107 Å². The van der Waals surface area contributed by atoms with Crippen LogP contribution in [0.1, 0.15) is 27.8 Å². The number of benzene rings is 1. The molecule has 0 fully saturated rings. The van der Waals surface area contributed by atoms with Crippen molar-refractivity contribution in [2.45, 2.75) is 13.5 Å². The van der Waals surface area contributed by atoms with Crippen LogP contribution in [0.5, 0.6) is 0 Å². The normalized spacial score (nSPS) is 10.5. The molecule has 0 unspecified atom stereocenters. The van der Waals surface area contributed by atoms with Gasteiger partial charge in [-0.3, -0.25) is 20.4 Å². The van der Waals surface area contributed by atoms with E-state index in [2.05, 4.69) is 42.3 Å². The predicted molar refractivity (Wildman–Crippen MR) is 91.9 cm³/mol. The summed E-state index contributed by atoms with van der Waals surface area (Å²) in [6.45, 7) is 2.56. The van der Waals surface area contributed by atoms with Crippen LogP contribution < -0.4 is 10.9 Å². The molecule has 0 aliphatic rings. The highest BCUT2D eigenvalue weighted by atomic mass is 79.9. The second-order valence-corrected chi connectivity index (χ2v) is 5.95. The lowest BCUT2D eigenvalue weighted by molar-refractivity contribution is 0.0841. The van der Waals surface area contributed by atoms with E-state index in [-0.39, 0.29) is 0 Å². The van der Waals surface area contributed by atoms with Crippen molar-refractivity contribution in [1.82, 2.24) is 35.6 Å². The Morgan fingerprint density at radius 1 is 1.16 bits per heavy atom. The Hall–Kier alpha value is -3.01. The molecule has 2 heterocycles. The molecule has 0 aliphatic heterocycles. The SMILES string of the molecule is CCn1cc(Br)cc1C(=O)NNC(=O)c1ccc(-n2cnnn2)cc1. The molecule has 0 saturated heterocycles. The number of aromatic nitrogens is 5. The zero-order valence-electron chi connectivity index (χ0n) is 13.2. The van der Waals surface area contributed by atoms with Gasteiger partial charge >= 0.3 is 0 Å². The molecule has 9 nitrogen and oxygen atoms in total. The molecule has 2 amide bonds. The Balaban J connectivity index is 1.63. The fourth-order valence-corrected chi connectivity index (χ4v) is 2.69. The van der Waals surface area contributed by atoms with Crippen LogP contribution in [-0.4, -0.2) is 36.6 Å². The van der Waals surface area contributed by atoms with E-state index in [9.17, 15) is 9.59 Å². The van der Waals surface area contributed by atoms with E-state index >= 15 is 0 Å². The number of carbonyl (C=O) groups is 2. The summed E-state index contributed by atoms with van der Waals surface area (Å²) in [4.78, 5) is 24.3. The van der Waals surface area contributed by atoms with Crippen LogP contribution in [0.15, 0.2) is 47.3 Å². The van der Waals surface area contributed by atoms with E-state index in [4.69, 9.17) is 0 Å². The largest absolute Gasteiger partial charge is 0.343 e. The van der Waals surface area contributed by atoms with Crippen molar-refractivity contribution in [3.63, 3.8) is 0 Å². The van der Waals surface area contributed by atoms with Crippen LogP contribution in [-0.2, 0) is 6.54 Å². The minimum absolute atomic E-state index is 0.393. The molecule has 0 saturated carbocycles. The van der Waals surface area contributed by atoms with Gasteiger partial charge in [-0.15, -0.1) is 5.10 Å². The predicted octanol–water partition coefficient (Wildman–Crippen LogP) is 1.32. The maximum atomic E-state index is 12.2. The number of rotatable bonds is 4. The van der Waals surface area contributed by atoms with Crippen LogP contribution >= 0.6 is 15.9 Å². The van der Waals surface area contributed by atoms with Crippen LogP contribution in [0.25, 0.3) is 5.69 Å². The standard InChI is InChI=1S/C15H14BrN7O2/c1-2-22-8-11(16)7-13(22)15(25)19-18-14(24)10-3-5-12(6-4-10)23-9-17-20-21-23/h3-9H,2H2,1H3,(H,18,24)(H,19,25). The van der Waals surface area contributed by atoms with E-state index in [0.29, 0.717) is 17.8 Å². The fourth-order valence-electron chi connectivity index (χ4n) is 2.22. The first-order valence-electron chi connectivity index (χ1n) is 7.38. The summed E-state index contributed by atoms with van der Waals surface area (Å²) in [6, 6.07) is 8.32. The van der Waals surface area contributed by atoms with Gasteiger partial charge in [0.1, 0.15) is 12.0 Å². The summed E-state index contributed by atoms with van der Waals surface area (Å²) < 4.78 is 4.04. The average molecular weight is 404 g/mol. The van der Waals surface area contributed by atoms with Crippen molar-refractivity contribution in [3.05, 3.63) is 58.6 Å². The average Bonchev–Trinajstić information content (AvgIpc) is 3.29. The molecule has 128 valence electrons. The van der Waals surface area contributed by atoms with E-state index in [1.54, 1.807) is 41.1 Å². The Bertz CT molecular complexity index is 887. The van der Waals surface area contributed by atoms with Gasteiger partial charge < -0.3 is 4.57 Å². The summed E-state index contributed by atoms with van der Waals surface area (Å²) in [5, 5.41) is 10.9. The minimum Gasteiger partial charge on any atom is -0.343 e. The van der Waals surface area contributed by atoms with Crippen molar-refractivity contribution < 1.29 is 9.59 Å². The van der Waals surface area contributed by atoms with E-state index in [1.807, 2.05) is 6.92 Å². The monoisotopic (exact) mass is 403 g/mol. The molecule has 25 heavy (non-hydrogen) atoms. The molecule has 1 aromatic carbocycles. The van der Waals surface area contributed by atoms with Crippen molar-refractivity contribution in [2.24, 2.45) is 0 Å². The van der Waals surface area contributed by atoms with Gasteiger partial charge in [0.2, 0.25) is 0 Å². The number of aryl methyl sites for hydroxylation is 1. The molecule has 2 N–H and O–H groups in total. The molecule has 0 aliphatic carbocycles. The van der Waals surface area contributed by atoms with Gasteiger partial charge in [0, 0.05) is 22.8 Å². The quantitative estimate of drug-likeness (QED) is 0.638. The van der Waals surface area contributed by atoms with Crippen molar-refractivity contribution in [1.29, 1.82) is 0 Å². The van der Waals surface area contributed by atoms with Crippen LogP contribution in [0.2, 0.25) is 0 Å². The highest BCUT2D eigenvalue weighted by Crippen LogP contribution is 2.14. The first-order valence-corrected chi connectivity index (χ1v) is 8.17. The third kappa shape index (κ3) is 3.74. The van der Waals surface area contributed by atoms with Gasteiger partial charge in [0.25, 0.3) is 11.8 Å². The number of hydrogen-bond acceptors (Lipinski definition) is 5. The number of nitrogens with zero attached hydrogens (tertiary/aromatic N) is 5. The fraction of sp³-hybridized carbons (Fsp3) is 0.133. The molecule has 0 radical (unpaired) electrons. The summed E-state index contributed by atoms with van der Waals surface area (Å²) in [5.74, 6) is -0.823. The minimum atomic E-state index is -0.426.